The number of imidazole rings is 1. The van der Waals surface area contributed by atoms with Crippen molar-refractivity contribution in [3.05, 3.63) is 102 Å². The zero-order chi connectivity index (χ0) is 21.8. The maximum Gasteiger partial charge on any atom is 0.148 e. The number of hydrogen-bond donors (Lipinski definition) is 0. The Labute approximate surface area is 192 Å². The normalized spacial score (nSPS) is 11.2. The van der Waals surface area contributed by atoms with Crippen molar-refractivity contribution >= 4 is 33.4 Å². The molecule has 5 rings (SSSR count). The highest BCUT2D eigenvalue weighted by Crippen LogP contribution is 2.26. The van der Waals surface area contributed by atoms with Crippen molar-refractivity contribution in [3.8, 4) is 11.5 Å². The van der Waals surface area contributed by atoms with E-state index in [1.54, 1.807) is 0 Å². The topological polar surface area (TPSA) is 36.3 Å². The summed E-state index contributed by atoms with van der Waals surface area (Å²) in [6.45, 7) is 1.81. The van der Waals surface area contributed by atoms with Crippen LogP contribution in [0.25, 0.3) is 21.8 Å². The lowest BCUT2D eigenvalue weighted by Gasteiger charge is -2.12. The highest BCUT2D eigenvalue weighted by Gasteiger charge is 2.12. The van der Waals surface area contributed by atoms with Crippen LogP contribution in [0.3, 0.4) is 0 Å². The largest absolute Gasteiger partial charge is 0.494 e. The summed E-state index contributed by atoms with van der Waals surface area (Å²) in [5.74, 6) is 2.60. The number of aromatic nitrogens is 2. The number of ether oxygens (including phenoxy) is 2. The molecule has 160 valence electrons. The Balaban J connectivity index is 1.31. The molecule has 0 unspecified atom stereocenters. The molecule has 4 aromatic carbocycles. The average Bonchev–Trinajstić information content (AvgIpc) is 3.19. The molecular weight excluding hydrogens is 420 g/mol. The van der Waals surface area contributed by atoms with E-state index in [4.69, 9.17) is 26.1 Å². The third-order valence-corrected chi connectivity index (χ3v) is 5.70. The predicted octanol–water partition coefficient (Wildman–Crippen LogP) is 6.89. The standard InChI is InChI=1S/C27H23ClN2O2/c28-21-13-15-22(16-14-21)31-18-6-17-30-25-11-4-3-10-24(25)29-27(30)19-32-26-12-5-8-20-7-1-2-9-23(20)26/h1-5,7-16H,6,17-19H2. The van der Waals surface area contributed by atoms with Gasteiger partial charge in [-0.25, -0.2) is 4.98 Å². The lowest BCUT2D eigenvalue weighted by molar-refractivity contribution is 0.282. The van der Waals surface area contributed by atoms with Crippen LogP contribution in [-0.4, -0.2) is 16.2 Å². The van der Waals surface area contributed by atoms with Crippen LogP contribution < -0.4 is 9.47 Å². The van der Waals surface area contributed by atoms with Gasteiger partial charge in [0.1, 0.15) is 23.9 Å². The van der Waals surface area contributed by atoms with Crippen molar-refractivity contribution in [2.24, 2.45) is 0 Å². The van der Waals surface area contributed by atoms with Crippen molar-refractivity contribution in [2.75, 3.05) is 6.61 Å². The second-order valence-corrected chi connectivity index (χ2v) is 8.03. The van der Waals surface area contributed by atoms with E-state index in [1.807, 2.05) is 66.7 Å². The molecular formula is C27H23ClN2O2. The van der Waals surface area contributed by atoms with Crippen molar-refractivity contribution in [1.29, 1.82) is 0 Å². The Hall–Kier alpha value is -3.50. The third kappa shape index (κ3) is 4.41. The minimum absolute atomic E-state index is 0.404. The molecule has 1 aromatic heterocycles. The number of nitrogens with zero attached hydrogens (tertiary/aromatic N) is 2. The van der Waals surface area contributed by atoms with Crippen LogP contribution in [-0.2, 0) is 13.2 Å². The van der Waals surface area contributed by atoms with Crippen LogP contribution in [0.1, 0.15) is 12.2 Å². The summed E-state index contributed by atoms with van der Waals surface area (Å²) in [6, 6.07) is 30.0. The van der Waals surface area contributed by atoms with Crippen molar-refractivity contribution in [1.82, 2.24) is 9.55 Å². The van der Waals surface area contributed by atoms with Gasteiger partial charge in [-0.05, 0) is 54.3 Å². The Bertz CT molecular complexity index is 1340. The second-order valence-electron chi connectivity index (χ2n) is 7.59. The maximum atomic E-state index is 6.24. The van der Waals surface area contributed by atoms with Gasteiger partial charge in [0.2, 0.25) is 0 Å². The van der Waals surface area contributed by atoms with E-state index < -0.39 is 0 Å². The van der Waals surface area contributed by atoms with Crippen molar-refractivity contribution in [2.45, 2.75) is 19.6 Å². The Morgan fingerprint density at radius 2 is 1.56 bits per heavy atom. The number of halogens is 1. The minimum atomic E-state index is 0.404. The van der Waals surface area contributed by atoms with Crippen molar-refractivity contribution in [3.63, 3.8) is 0 Å². The fourth-order valence-corrected chi connectivity index (χ4v) is 4.02. The van der Waals surface area contributed by atoms with E-state index >= 15 is 0 Å². The zero-order valence-corrected chi connectivity index (χ0v) is 18.3. The van der Waals surface area contributed by atoms with Gasteiger partial charge in [0, 0.05) is 17.0 Å². The highest BCUT2D eigenvalue weighted by atomic mass is 35.5. The molecule has 0 aliphatic carbocycles. The fraction of sp³-hybridized carbons (Fsp3) is 0.148. The molecule has 0 saturated carbocycles. The third-order valence-electron chi connectivity index (χ3n) is 5.45. The molecule has 0 spiro atoms. The van der Waals surface area contributed by atoms with Gasteiger partial charge in [0.25, 0.3) is 0 Å². The van der Waals surface area contributed by atoms with Crippen LogP contribution in [0.2, 0.25) is 5.02 Å². The molecule has 4 nitrogen and oxygen atoms in total. The number of benzene rings is 4. The second kappa shape index (κ2) is 9.33. The van der Waals surface area contributed by atoms with Crippen LogP contribution in [0, 0.1) is 0 Å². The summed E-state index contributed by atoms with van der Waals surface area (Å²) in [4.78, 5) is 4.84. The van der Waals surface area contributed by atoms with Gasteiger partial charge in [-0.3, -0.25) is 0 Å². The Morgan fingerprint density at radius 1 is 0.781 bits per heavy atom. The zero-order valence-electron chi connectivity index (χ0n) is 17.6. The van der Waals surface area contributed by atoms with Gasteiger partial charge < -0.3 is 14.0 Å². The molecule has 0 fully saturated rings. The van der Waals surface area contributed by atoms with E-state index in [9.17, 15) is 0 Å². The van der Waals surface area contributed by atoms with Gasteiger partial charge in [-0.15, -0.1) is 0 Å². The van der Waals surface area contributed by atoms with Gasteiger partial charge in [0.05, 0.1) is 17.6 Å². The lowest BCUT2D eigenvalue weighted by Crippen LogP contribution is -2.10. The molecule has 0 radical (unpaired) electrons. The van der Waals surface area contributed by atoms with Gasteiger partial charge >= 0.3 is 0 Å². The molecule has 0 bridgehead atoms. The first-order valence-corrected chi connectivity index (χ1v) is 11.1. The van der Waals surface area contributed by atoms with E-state index in [0.717, 1.165) is 52.1 Å². The van der Waals surface area contributed by atoms with Crippen LogP contribution >= 0.6 is 11.6 Å². The highest BCUT2D eigenvalue weighted by molar-refractivity contribution is 6.30. The van der Waals surface area contributed by atoms with E-state index in [1.165, 1.54) is 0 Å². The molecule has 0 atom stereocenters. The maximum absolute atomic E-state index is 6.24. The number of fused-ring (bicyclic) bond motifs is 2. The molecule has 1 heterocycles. The SMILES string of the molecule is Clc1ccc(OCCCn2c(COc3cccc4ccccc34)nc3ccccc32)cc1. The minimum Gasteiger partial charge on any atom is -0.494 e. The Kier molecular flexibility index (Phi) is 5.95. The summed E-state index contributed by atoms with van der Waals surface area (Å²) in [5, 5.41) is 2.98. The van der Waals surface area contributed by atoms with Gasteiger partial charge in [0.15, 0.2) is 0 Å². The number of para-hydroxylation sites is 2. The summed E-state index contributed by atoms with van der Waals surface area (Å²) in [7, 11) is 0. The number of hydrogen-bond acceptors (Lipinski definition) is 3. The first-order chi connectivity index (χ1) is 15.8. The summed E-state index contributed by atoms with van der Waals surface area (Å²) < 4.78 is 14.3. The summed E-state index contributed by atoms with van der Waals surface area (Å²) in [6.07, 6.45) is 0.851. The van der Waals surface area contributed by atoms with Crippen LogP contribution in [0.4, 0.5) is 0 Å². The molecule has 0 aliphatic heterocycles. The molecule has 0 saturated heterocycles. The van der Waals surface area contributed by atoms with Crippen molar-refractivity contribution < 1.29 is 9.47 Å². The molecule has 0 N–H and O–H groups in total. The molecule has 32 heavy (non-hydrogen) atoms. The first kappa shape index (κ1) is 20.4. The molecule has 5 aromatic rings. The monoisotopic (exact) mass is 442 g/mol. The van der Waals surface area contributed by atoms with Crippen LogP contribution in [0.5, 0.6) is 11.5 Å². The fourth-order valence-electron chi connectivity index (χ4n) is 3.89. The first-order valence-electron chi connectivity index (χ1n) is 10.7. The molecule has 0 aliphatic rings. The molecule has 5 heteroatoms. The van der Waals surface area contributed by atoms with Gasteiger partial charge in [-0.2, -0.15) is 0 Å². The molecule has 0 amide bonds. The quantitative estimate of drug-likeness (QED) is 0.245. The lowest BCUT2D eigenvalue weighted by atomic mass is 10.1. The Morgan fingerprint density at radius 3 is 2.47 bits per heavy atom. The number of rotatable bonds is 8. The summed E-state index contributed by atoms with van der Waals surface area (Å²) >= 11 is 5.94. The number of aryl methyl sites for hydroxylation is 1. The smallest absolute Gasteiger partial charge is 0.148 e. The average molecular weight is 443 g/mol. The van der Waals surface area contributed by atoms with Gasteiger partial charge in [-0.1, -0.05) is 60.1 Å². The van der Waals surface area contributed by atoms with E-state index in [2.05, 4.69) is 28.8 Å². The van der Waals surface area contributed by atoms with E-state index in [0.29, 0.717) is 18.2 Å². The van der Waals surface area contributed by atoms with E-state index in [-0.39, 0.29) is 0 Å². The predicted molar refractivity (Wildman–Crippen MR) is 130 cm³/mol. The van der Waals surface area contributed by atoms with Crippen LogP contribution in [0.15, 0.2) is 91.0 Å². The summed E-state index contributed by atoms with van der Waals surface area (Å²) in [5.41, 5.74) is 2.08.